The highest BCUT2D eigenvalue weighted by atomic mass is 35.5. The minimum absolute atomic E-state index is 0.101. The van der Waals surface area contributed by atoms with Crippen LogP contribution in [0.25, 0.3) is 0 Å². The standard InChI is InChI=1S/C22H23ClN4O4S2/c1-13-21(25-12-26-22(13)31-18-4-3-9-24-14(18)2)30-17-10-15-5-6-16(11-17)27(15)33(28,29)20-8-7-19(23)32-20/h3-4,7-9,12,15-17H,5-6,10-11H2,1-2H3/t15-,16-/m0/s1. The van der Waals surface area contributed by atoms with Crippen molar-refractivity contribution >= 4 is 33.0 Å². The molecule has 0 amide bonds. The maximum absolute atomic E-state index is 13.2. The number of thiophene rings is 1. The summed E-state index contributed by atoms with van der Waals surface area (Å²) in [6, 6.07) is 6.64. The molecule has 3 aromatic heterocycles. The summed E-state index contributed by atoms with van der Waals surface area (Å²) in [6.45, 7) is 3.72. The lowest BCUT2D eigenvalue weighted by Gasteiger charge is -2.37. The average molecular weight is 507 g/mol. The van der Waals surface area contributed by atoms with Crippen LogP contribution in [0, 0.1) is 13.8 Å². The molecule has 2 aliphatic heterocycles. The normalized spacial score (nSPS) is 22.9. The first-order valence-electron chi connectivity index (χ1n) is 10.7. The molecule has 2 bridgehead atoms. The minimum Gasteiger partial charge on any atom is -0.474 e. The highest BCUT2D eigenvalue weighted by molar-refractivity contribution is 7.91. The van der Waals surface area contributed by atoms with Crippen LogP contribution >= 0.6 is 22.9 Å². The molecular weight excluding hydrogens is 484 g/mol. The van der Waals surface area contributed by atoms with Gasteiger partial charge in [-0.1, -0.05) is 11.6 Å². The van der Waals surface area contributed by atoms with Crippen LogP contribution in [0.2, 0.25) is 4.34 Å². The van der Waals surface area contributed by atoms with Gasteiger partial charge in [0.1, 0.15) is 16.6 Å². The highest BCUT2D eigenvalue weighted by Crippen LogP contribution is 2.42. The largest absolute Gasteiger partial charge is 0.474 e. The van der Waals surface area contributed by atoms with E-state index in [-0.39, 0.29) is 18.2 Å². The molecule has 0 aliphatic carbocycles. The van der Waals surface area contributed by atoms with E-state index in [1.165, 1.54) is 6.33 Å². The second-order valence-electron chi connectivity index (χ2n) is 8.29. The van der Waals surface area contributed by atoms with E-state index in [1.807, 2.05) is 19.9 Å². The number of pyridine rings is 1. The van der Waals surface area contributed by atoms with Crippen LogP contribution in [0.15, 0.2) is 41.0 Å². The number of ether oxygens (including phenoxy) is 2. The van der Waals surface area contributed by atoms with E-state index < -0.39 is 10.0 Å². The van der Waals surface area contributed by atoms with Crippen molar-refractivity contribution in [2.45, 2.75) is 61.9 Å². The molecule has 5 rings (SSSR count). The molecule has 0 radical (unpaired) electrons. The summed E-state index contributed by atoms with van der Waals surface area (Å²) in [6.07, 6.45) is 5.84. The van der Waals surface area contributed by atoms with E-state index in [0.29, 0.717) is 44.5 Å². The Morgan fingerprint density at radius 1 is 1.06 bits per heavy atom. The zero-order valence-electron chi connectivity index (χ0n) is 18.1. The molecule has 0 spiro atoms. The third-order valence-corrected chi connectivity index (χ3v) is 9.84. The van der Waals surface area contributed by atoms with Crippen molar-refractivity contribution in [3.8, 4) is 17.5 Å². The number of rotatable bonds is 6. The molecule has 0 aromatic carbocycles. The lowest BCUT2D eigenvalue weighted by Crippen LogP contribution is -2.49. The zero-order valence-corrected chi connectivity index (χ0v) is 20.5. The summed E-state index contributed by atoms with van der Waals surface area (Å²) in [4.78, 5) is 12.8. The van der Waals surface area contributed by atoms with Crippen LogP contribution in [0.5, 0.6) is 17.5 Å². The van der Waals surface area contributed by atoms with Crippen LogP contribution in [0.3, 0.4) is 0 Å². The van der Waals surface area contributed by atoms with E-state index >= 15 is 0 Å². The van der Waals surface area contributed by atoms with Gasteiger partial charge < -0.3 is 9.47 Å². The molecule has 3 aromatic rings. The number of aryl methyl sites for hydroxylation is 1. The fraction of sp³-hybridized carbons (Fsp3) is 0.409. The van der Waals surface area contributed by atoms with Crippen molar-refractivity contribution in [3.63, 3.8) is 0 Å². The van der Waals surface area contributed by atoms with Crippen molar-refractivity contribution in [1.82, 2.24) is 19.3 Å². The third kappa shape index (κ3) is 4.32. The Bertz CT molecular complexity index is 1270. The Morgan fingerprint density at radius 2 is 1.79 bits per heavy atom. The predicted molar refractivity (Wildman–Crippen MR) is 125 cm³/mol. The Kier molecular flexibility index (Phi) is 6.02. The monoisotopic (exact) mass is 506 g/mol. The molecule has 8 nitrogen and oxygen atoms in total. The first-order valence-corrected chi connectivity index (χ1v) is 13.3. The first-order chi connectivity index (χ1) is 15.8. The van der Waals surface area contributed by atoms with Gasteiger partial charge in [0.15, 0.2) is 5.75 Å². The second kappa shape index (κ2) is 8.83. The summed E-state index contributed by atoms with van der Waals surface area (Å²) in [5.74, 6) is 1.48. The summed E-state index contributed by atoms with van der Waals surface area (Å²) in [7, 11) is -3.57. The number of hydrogen-bond acceptors (Lipinski definition) is 8. The number of halogens is 1. The van der Waals surface area contributed by atoms with Gasteiger partial charge in [-0.05, 0) is 51.0 Å². The zero-order chi connectivity index (χ0) is 23.2. The van der Waals surface area contributed by atoms with Crippen LogP contribution < -0.4 is 9.47 Å². The second-order valence-corrected chi connectivity index (χ2v) is 12.1. The topological polar surface area (TPSA) is 94.5 Å². The first kappa shape index (κ1) is 22.5. The fourth-order valence-electron chi connectivity index (χ4n) is 4.59. The molecule has 33 heavy (non-hydrogen) atoms. The number of nitrogens with zero attached hydrogens (tertiary/aromatic N) is 4. The maximum atomic E-state index is 13.2. The molecule has 0 saturated carbocycles. The van der Waals surface area contributed by atoms with Crippen molar-refractivity contribution < 1.29 is 17.9 Å². The van der Waals surface area contributed by atoms with Crippen LogP contribution in [0.4, 0.5) is 0 Å². The van der Waals surface area contributed by atoms with Gasteiger partial charge in [-0.25, -0.2) is 18.4 Å². The number of hydrogen-bond donors (Lipinski definition) is 0. The smallest absolute Gasteiger partial charge is 0.253 e. The van der Waals surface area contributed by atoms with Crippen molar-refractivity contribution in [3.05, 3.63) is 52.4 Å². The van der Waals surface area contributed by atoms with E-state index in [0.717, 1.165) is 29.9 Å². The van der Waals surface area contributed by atoms with Gasteiger partial charge in [0.25, 0.3) is 10.0 Å². The molecule has 2 saturated heterocycles. The Morgan fingerprint density at radius 3 is 2.45 bits per heavy atom. The average Bonchev–Trinajstić information content (AvgIpc) is 3.34. The molecule has 2 atom stereocenters. The van der Waals surface area contributed by atoms with Gasteiger partial charge in [-0.15, -0.1) is 11.3 Å². The van der Waals surface area contributed by atoms with E-state index in [9.17, 15) is 8.42 Å². The van der Waals surface area contributed by atoms with Crippen molar-refractivity contribution in [2.24, 2.45) is 0 Å². The molecule has 11 heteroatoms. The number of fused-ring (bicyclic) bond motifs is 2. The molecular formula is C22H23ClN4O4S2. The molecule has 0 unspecified atom stereocenters. The third-order valence-electron chi connectivity index (χ3n) is 6.14. The van der Waals surface area contributed by atoms with E-state index in [4.69, 9.17) is 21.1 Å². The summed E-state index contributed by atoms with van der Waals surface area (Å²) in [5.41, 5.74) is 1.45. The van der Waals surface area contributed by atoms with Crippen molar-refractivity contribution in [2.75, 3.05) is 0 Å². The number of aromatic nitrogens is 3. The number of piperidine rings is 1. The molecule has 2 aliphatic rings. The van der Waals surface area contributed by atoms with Gasteiger partial charge in [0.2, 0.25) is 11.8 Å². The Balaban J connectivity index is 1.32. The quantitative estimate of drug-likeness (QED) is 0.475. The summed E-state index contributed by atoms with van der Waals surface area (Å²) >= 11 is 7.08. The Hall–Kier alpha value is -2.27. The molecule has 2 fully saturated rings. The fourth-order valence-corrected chi connectivity index (χ4v) is 8.07. The van der Waals surface area contributed by atoms with Crippen molar-refractivity contribution in [1.29, 1.82) is 0 Å². The summed E-state index contributed by atoms with van der Waals surface area (Å²) < 4.78 is 41.1. The van der Waals surface area contributed by atoms with Gasteiger partial charge >= 0.3 is 0 Å². The minimum atomic E-state index is -3.57. The molecule has 174 valence electrons. The lowest BCUT2D eigenvalue weighted by molar-refractivity contribution is 0.0908. The van der Waals surface area contributed by atoms with E-state index in [1.54, 1.807) is 28.7 Å². The number of sulfonamides is 1. The van der Waals surface area contributed by atoms with Crippen LogP contribution in [0.1, 0.15) is 36.9 Å². The van der Waals surface area contributed by atoms with E-state index in [2.05, 4.69) is 15.0 Å². The predicted octanol–water partition coefficient (Wildman–Crippen LogP) is 4.76. The van der Waals surface area contributed by atoms with Gasteiger partial charge in [0.05, 0.1) is 15.6 Å². The highest BCUT2D eigenvalue weighted by Gasteiger charge is 2.48. The van der Waals surface area contributed by atoms with Gasteiger partial charge in [-0.3, -0.25) is 4.98 Å². The summed E-state index contributed by atoms with van der Waals surface area (Å²) in [5, 5.41) is 0. The maximum Gasteiger partial charge on any atom is 0.253 e. The lowest BCUT2D eigenvalue weighted by atomic mass is 10.0. The van der Waals surface area contributed by atoms with Gasteiger partial charge in [0, 0.05) is 31.1 Å². The Labute approximate surface area is 201 Å². The molecule has 5 heterocycles. The van der Waals surface area contributed by atoms with Gasteiger partial charge in [-0.2, -0.15) is 4.31 Å². The van der Waals surface area contributed by atoms with Crippen LogP contribution in [-0.4, -0.2) is 45.9 Å². The molecule has 0 N–H and O–H groups in total. The SMILES string of the molecule is Cc1ncccc1Oc1ncnc(OC2C[C@@H]3CC[C@@H](C2)N3S(=O)(=O)c2ccc(Cl)s2)c1C. The van der Waals surface area contributed by atoms with Crippen LogP contribution in [-0.2, 0) is 10.0 Å².